The second-order valence-corrected chi connectivity index (χ2v) is 5.56. The van der Waals surface area contributed by atoms with Crippen LogP contribution < -0.4 is 5.32 Å². The Morgan fingerprint density at radius 1 is 1.42 bits per heavy atom. The van der Waals surface area contributed by atoms with Crippen molar-refractivity contribution in [1.29, 1.82) is 0 Å². The maximum atomic E-state index is 12.1. The number of para-hydroxylation sites is 1. The first-order valence-corrected chi connectivity index (χ1v) is 6.71. The molecule has 0 saturated heterocycles. The van der Waals surface area contributed by atoms with E-state index < -0.39 is 0 Å². The smallest absolute Gasteiger partial charge is 0.273 e. The van der Waals surface area contributed by atoms with E-state index in [1.54, 1.807) is 12.1 Å². The minimum absolute atomic E-state index is 0.261. The van der Waals surface area contributed by atoms with Crippen molar-refractivity contribution in [3.8, 4) is 0 Å². The van der Waals surface area contributed by atoms with Gasteiger partial charge in [0.25, 0.3) is 5.91 Å². The van der Waals surface area contributed by atoms with E-state index >= 15 is 0 Å². The number of anilines is 1. The van der Waals surface area contributed by atoms with Crippen molar-refractivity contribution in [2.75, 3.05) is 5.32 Å². The summed E-state index contributed by atoms with van der Waals surface area (Å²) in [6.07, 6.45) is 0. The molecular formula is C12H9ClN4OS. The average molecular weight is 293 g/mol. The molecular weight excluding hydrogens is 284 g/mol. The van der Waals surface area contributed by atoms with Gasteiger partial charge in [0.1, 0.15) is 10.7 Å². The number of carbonyl (C=O) groups is 1. The lowest BCUT2D eigenvalue weighted by Crippen LogP contribution is -2.11. The van der Waals surface area contributed by atoms with Crippen molar-refractivity contribution in [2.24, 2.45) is 0 Å². The summed E-state index contributed by atoms with van der Waals surface area (Å²) in [5.41, 5.74) is 1.19. The lowest BCUT2D eigenvalue weighted by Gasteiger charge is -1.97. The lowest BCUT2D eigenvalue weighted by atomic mass is 10.2. The Balaban J connectivity index is 1.91. The number of aromatic amines is 1. The number of nitrogens with one attached hydrogen (secondary N) is 2. The number of hydrogen-bond donors (Lipinski definition) is 2. The number of aromatic nitrogens is 3. The molecule has 0 aliphatic heterocycles. The van der Waals surface area contributed by atoms with Gasteiger partial charge >= 0.3 is 0 Å². The van der Waals surface area contributed by atoms with Crippen LogP contribution in [0.5, 0.6) is 0 Å². The summed E-state index contributed by atoms with van der Waals surface area (Å²) in [4.78, 5) is 15.1. The Labute approximate surface area is 117 Å². The second kappa shape index (κ2) is 4.64. The summed E-state index contributed by atoms with van der Waals surface area (Å²) in [5, 5.41) is 13.1. The van der Waals surface area contributed by atoms with E-state index in [0.717, 1.165) is 15.9 Å². The van der Waals surface area contributed by atoms with Crippen LogP contribution >= 0.6 is 22.9 Å². The molecule has 2 aromatic heterocycles. The Kier molecular flexibility index (Phi) is 2.96. The molecule has 2 N–H and O–H groups in total. The van der Waals surface area contributed by atoms with Crippen LogP contribution in [0.4, 0.5) is 5.13 Å². The van der Waals surface area contributed by atoms with E-state index in [1.165, 1.54) is 11.3 Å². The molecule has 0 radical (unpaired) electrons. The van der Waals surface area contributed by atoms with E-state index in [4.69, 9.17) is 11.6 Å². The van der Waals surface area contributed by atoms with Crippen molar-refractivity contribution in [2.45, 2.75) is 6.92 Å². The molecule has 0 bridgehead atoms. The third-order valence-corrected chi connectivity index (χ3v) is 3.67. The van der Waals surface area contributed by atoms with Crippen LogP contribution in [-0.2, 0) is 0 Å². The Morgan fingerprint density at radius 3 is 2.95 bits per heavy atom. The molecule has 7 heteroatoms. The second-order valence-electron chi connectivity index (χ2n) is 3.97. The Morgan fingerprint density at radius 2 is 2.26 bits per heavy atom. The van der Waals surface area contributed by atoms with Gasteiger partial charge < -0.3 is 4.98 Å². The highest BCUT2D eigenvalue weighted by Crippen LogP contribution is 2.24. The minimum Gasteiger partial charge on any atom is -0.349 e. The van der Waals surface area contributed by atoms with Gasteiger partial charge in [-0.15, -0.1) is 10.2 Å². The number of aryl methyl sites for hydroxylation is 1. The molecule has 2 heterocycles. The maximum Gasteiger partial charge on any atom is 0.273 e. The number of halogens is 1. The van der Waals surface area contributed by atoms with E-state index in [2.05, 4.69) is 20.5 Å². The summed E-state index contributed by atoms with van der Waals surface area (Å²) in [5.74, 6) is -0.261. The predicted molar refractivity (Wildman–Crippen MR) is 75.9 cm³/mol. The van der Waals surface area contributed by atoms with E-state index in [0.29, 0.717) is 15.8 Å². The zero-order chi connectivity index (χ0) is 13.4. The van der Waals surface area contributed by atoms with Gasteiger partial charge in [-0.2, -0.15) is 0 Å². The van der Waals surface area contributed by atoms with Crippen LogP contribution in [0.2, 0.25) is 5.02 Å². The number of amides is 1. The molecule has 5 nitrogen and oxygen atoms in total. The quantitative estimate of drug-likeness (QED) is 0.762. The van der Waals surface area contributed by atoms with Crippen molar-refractivity contribution in [3.05, 3.63) is 40.0 Å². The standard InChI is InChI=1S/C12H9ClN4OS/c1-6-16-17-12(19-6)15-11(18)9-5-7-3-2-4-8(13)10(7)14-9/h2-5,14H,1H3,(H,15,17,18). The van der Waals surface area contributed by atoms with E-state index in [-0.39, 0.29) is 5.91 Å². The van der Waals surface area contributed by atoms with Crippen molar-refractivity contribution >= 4 is 44.9 Å². The SMILES string of the molecule is Cc1nnc(NC(=O)c2cc3cccc(Cl)c3[nH]2)s1. The highest BCUT2D eigenvalue weighted by atomic mass is 35.5. The fourth-order valence-corrected chi connectivity index (χ4v) is 2.57. The topological polar surface area (TPSA) is 70.7 Å². The summed E-state index contributed by atoms with van der Waals surface area (Å²) >= 11 is 7.38. The van der Waals surface area contributed by atoms with Gasteiger partial charge in [-0.1, -0.05) is 35.1 Å². The van der Waals surface area contributed by atoms with E-state index in [9.17, 15) is 4.79 Å². The molecule has 0 aliphatic carbocycles. The monoisotopic (exact) mass is 292 g/mol. The number of nitrogens with zero attached hydrogens (tertiary/aromatic N) is 2. The molecule has 1 aromatic carbocycles. The highest BCUT2D eigenvalue weighted by molar-refractivity contribution is 7.15. The molecule has 3 aromatic rings. The normalized spacial score (nSPS) is 10.8. The number of fused-ring (bicyclic) bond motifs is 1. The molecule has 96 valence electrons. The molecule has 3 rings (SSSR count). The number of rotatable bonds is 2. The minimum atomic E-state index is -0.261. The first-order valence-electron chi connectivity index (χ1n) is 5.52. The molecule has 0 fully saturated rings. The molecule has 19 heavy (non-hydrogen) atoms. The highest BCUT2D eigenvalue weighted by Gasteiger charge is 2.12. The average Bonchev–Trinajstić information content (AvgIpc) is 2.96. The van der Waals surface area contributed by atoms with Gasteiger partial charge in [-0.05, 0) is 19.1 Å². The largest absolute Gasteiger partial charge is 0.349 e. The van der Waals surface area contributed by atoms with Gasteiger partial charge in [0.2, 0.25) is 5.13 Å². The molecule has 0 spiro atoms. The van der Waals surface area contributed by atoms with E-state index in [1.807, 2.05) is 19.1 Å². The van der Waals surface area contributed by atoms with Crippen LogP contribution in [-0.4, -0.2) is 21.1 Å². The van der Waals surface area contributed by atoms with Crippen molar-refractivity contribution in [3.63, 3.8) is 0 Å². The number of H-pyrrole nitrogens is 1. The zero-order valence-electron chi connectivity index (χ0n) is 9.90. The fourth-order valence-electron chi connectivity index (χ4n) is 1.75. The zero-order valence-corrected chi connectivity index (χ0v) is 11.5. The van der Waals surface area contributed by atoms with Gasteiger partial charge in [0, 0.05) is 5.39 Å². The van der Waals surface area contributed by atoms with Gasteiger partial charge in [-0.25, -0.2) is 0 Å². The van der Waals surface area contributed by atoms with Crippen LogP contribution in [0.1, 0.15) is 15.5 Å². The summed E-state index contributed by atoms with van der Waals surface area (Å²) in [6, 6.07) is 7.26. The first-order chi connectivity index (χ1) is 9.13. The Bertz CT molecular complexity index is 764. The van der Waals surface area contributed by atoms with Crippen LogP contribution in [0, 0.1) is 6.92 Å². The molecule has 0 aliphatic rings. The van der Waals surface area contributed by atoms with Crippen LogP contribution in [0.3, 0.4) is 0 Å². The maximum absolute atomic E-state index is 12.1. The molecule has 0 atom stereocenters. The number of benzene rings is 1. The van der Waals surface area contributed by atoms with Crippen molar-refractivity contribution < 1.29 is 4.79 Å². The number of hydrogen-bond acceptors (Lipinski definition) is 4. The van der Waals surface area contributed by atoms with Crippen molar-refractivity contribution in [1.82, 2.24) is 15.2 Å². The predicted octanol–water partition coefficient (Wildman–Crippen LogP) is 3.23. The third kappa shape index (κ3) is 2.32. The van der Waals surface area contributed by atoms with Crippen LogP contribution in [0.25, 0.3) is 10.9 Å². The van der Waals surface area contributed by atoms with Gasteiger partial charge in [-0.3, -0.25) is 10.1 Å². The van der Waals surface area contributed by atoms with Gasteiger partial charge in [0.05, 0.1) is 10.5 Å². The fraction of sp³-hybridized carbons (Fsp3) is 0.0833. The summed E-state index contributed by atoms with van der Waals surface area (Å²) in [6.45, 7) is 1.83. The molecule has 0 saturated carbocycles. The Hall–Kier alpha value is -1.92. The number of carbonyl (C=O) groups excluding carboxylic acids is 1. The molecule has 1 amide bonds. The lowest BCUT2D eigenvalue weighted by molar-refractivity contribution is 0.102. The van der Waals surface area contributed by atoms with Gasteiger partial charge in [0.15, 0.2) is 0 Å². The molecule has 0 unspecified atom stereocenters. The summed E-state index contributed by atoms with van der Waals surface area (Å²) in [7, 11) is 0. The summed E-state index contributed by atoms with van der Waals surface area (Å²) < 4.78 is 0. The first kappa shape index (κ1) is 12.1. The third-order valence-electron chi connectivity index (χ3n) is 2.60. The van der Waals surface area contributed by atoms with Crippen LogP contribution in [0.15, 0.2) is 24.3 Å².